The minimum Gasteiger partial charge on any atom is -0.396 e. The molecule has 0 fully saturated rings. The molecule has 0 amide bonds. The Bertz CT molecular complexity index is 784. The molecule has 100 valence electrons. The predicted molar refractivity (Wildman–Crippen MR) is 88.3 cm³/mol. The molecule has 2 aromatic carbocycles. The van der Waals surface area contributed by atoms with Crippen LogP contribution in [0.25, 0.3) is 10.9 Å². The van der Waals surface area contributed by atoms with E-state index in [0.29, 0.717) is 5.69 Å². The average Bonchev–Trinajstić information content (AvgIpc) is 2.46. The first-order chi connectivity index (χ1) is 9.65. The molecule has 1 aromatic heterocycles. The zero-order valence-corrected chi connectivity index (χ0v) is 12.6. The standard InChI is InChI=1S/C16H14BrN3/c1-10-4-5-12(17)15(9-10)20-14-7-6-13-11(16(14)18)3-2-8-19-13/h2-9,20H,18H2,1H3. The number of pyridine rings is 1. The van der Waals surface area contributed by atoms with Crippen molar-refractivity contribution in [3.63, 3.8) is 0 Å². The van der Waals surface area contributed by atoms with Gasteiger partial charge in [0.15, 0.2) is 0 Å². The van der Waals surface area contributed by atoms with E-state index >= 15 is 0 Å². The highest BCUT2D eigenvalue weighted by molar-refractivity contribution is 9.10. The molecule has 0 unspecified atom stereocenters. The maximum atomic E-state index is 6.24. The maximum Gasteiger partial charge on any atom is 0.0724 e. The Balaban J connectivity index is 2.07. The molecule has 3 N–H and O–H groups in total. The lowest BCUT2D eigenvalue weighted by Gasteiger charge is -2.13. The number of nitrogen functional groups attached to an aromatic ring is 1. The van der Waals surface area contributed by atoms with Crippen molar-refractivity contribution in [2.45, 2.75) is 6.92 Å². The van der Waals surface area contributed by atoms with Crippen LogP contribution in [0.3, 0.4) is 0 Å². The molecule has 1 heterocycles. The van der Waals surface area contributed by atoms with Crippen LogP contribution in [0.4, 0.5) is 17.1 Å². The molecule has 3 nitrogen and oxygen atoms in total. The fourth-order valence-electron chi connectivity index (χ4n) is 2.16. The van der Waals surface area contributed by atoms with E-state index < -0.39 is 0 Å². The van der Waals surface area contributed by atoms with Crippen molar-refractivity contribution in [3.8, 4) is 0 Å². The number of aromatic nitrogens is 1. The van der Waals surface area contributed by atoms with Gasteiger partial charge in [-0.05, 0) is 64.8 Å². The largest absolute Gasteiger partial charge is 0.396 e. The molecule has 0 aliphatic heterocycles. The van der Waals surface area contributed by atoms with Crippen LogP contribution in [0, 0.1) is 6.92 Å². The summed E-state index contributed by atoms with van der Waals surface area (Å²) in [5, 5.41) is 4.33. The van der Waals surface area contributed by atoms with Crippen LogP contribution in [0.1, 0.15) is 5.56 Å². The van der Waals surface area contributed by atoms with Crippen molar-refractivity contribution in [2.75, 3.05) is 11.1 Å². The third-order valence-electron chi connectivity index (χ3n) is 3.22. The van der Waals surface area contributed by atoms with Gasteiger partial charge in [-0.15, -0.1) is 0 Å². The lowest BCUT2D eigenvalue weighted by atomic mass is 10.1. The zero-order chi connectivity index (χ0) is 14.1. The summed E-state index contributed by atoms with van der Waals surface area (Å²) < 4.78 is 1.01. The summed E-state index contributed by atoms with van der Waals surface area (Å²) in [5.41, 5.74) is 10.9. The SMILES string of the molecule is Cc1ccc(Br)c(Nc2ccc3ncccc3c2N)c1. The number of hydrogen-bond donors (Lipinski definition) is 2. The Kier molecular flexibility index (Phi) is 3.32. The second-order valence-electron chi connectivity index (χ2n) is 4.71. The van der Waals surface area contributed by atoms with Crippen molar-refractivity contribution >= 4 is 43.9 Å². The van der Waals surface area contributed by atoms with Crippen LogP contribution in [0.15, 0.2) is 53.1 Å². The summed E-state index contributed by atoms with van der Waals surface area (Å²) in [6.45, 7) is 2.06. The molecule has 20 heavy (non-hydrogen) atoms. The molecule has 0 saturated heterocycles. The first-order valence-electron chi connectivity index (χ1n) is 6.31. The molecule has 0 saturated carbocycles. The molecular weight excluding hydrogens is 314 g/mol. The normalized spacial score (nSPS) is 10.7. The van der Waals surface area contributed by atoms with Crippen molar-refractivity contribution in [1.29, 1.82) is 0 Å². The van der Waals surface area contributed by atoms with Crippen LogP contribution in [-0.4, -0.2) is 4.98 Å². The van der Waals surface area contributed by atoms with Gasteiger partial charge in [0.05, 0.1) is 22.6 Å². The molecule has 0 atom stereocenters. The van der Waals surface area contributed by atoms with Gasteiger partial charge in [-0.25, -0.2) is 0 Å². The van der Waals surface area contributed by atoms with Gasteiger partial charge >= 0.3 is 0 Å². The molecule has 4 heteroatoms. The topological polar surface area (TPSA) is 50.9 Å². The zero-order valence-electron chi connectivity index (χ0n) is 11.0. The summed E-state index contributed by atoms with van der Waals surface area (Å²) in [6.07, 6.45) is 1.77. The Morgan fingerprint density at radius 1 is 1.10 bits per heavy atom. The van der Waals surface area contributed by atoms with Crippen LogP contribution in [0.2, 0.25) is 0 Å². The molecule has 3 aromatic rings. The fourth-order valence-corrected chi connectivity index (χ4v) is 2.51. The number of benzene rings is 2. The third-order valence-corrected chi connectivity index (χ3v) is 3.91. The highest BCUT2D eigenvalue weighted by atomic mass is 79.9. The van der Waals surface area contributed by atoms with Crippen LogP contribution in [0.5, 0.6) is 0 Å². The van der Waals surface area contributed by atoms with Gasteiger partial charge in [0.2, 0.25) is 0 Å². The van der Waals surface area contributed by atoms with E-state index in [0.717, 1.165) is 26.8 Å². The van der Waals surface area contributed by atoms with E-state index in [4.69, 9.17) is 5.73 Å². The molecule has 0 bridgehead atoms. The predicted octanol–water partition coefficient (Wildman–Crippen LogP) is 4.63. The highest BCUT2D eigenvalue weighted by Gasteiger charge is 2.07. The van der Waals surface area contributed by atoms with E-state index in [1.165, 1.54) is 5.56 Å². The number of hydrogen-bond acceptors (Lipinski definition) is 3. The van der Waals surface area contributed by atoms with Crippen LogP contribution in [-0.2, 0) is 0 Å². The molecular formula is C16H14BrN3. The lowest BCUT2D eigenvalue weighted by Crippen LogP contribution is -1.98. The first kappa shape index (κ1) is 12.9. The lowest BCUT2D eigenvalue weighted by molar-refractivity contribution is 1.40. The monoisotopic (exact) mass is 327 g/mol. The Morgan fingerprint density at radius 3 is 2.80 bits per heavy atom. The van der Waals surface area contributed by atoms with E-state index in [9.17, 15) is 0 Å². The average molecular weight is 328 g/mol. The summed E-state index contributed by atoms with van der Waals surface area (Å²) in [6, 6.07) is 14.0. The summed E-state index contributed by atoms with van der Waals surface area (Å²) in [7, 11) is 0. The molecule has 0 aliphatic rings. The van der Waals surface area contributed by atoms with Gasteiger partial charge in [0.25, 0.3) is 0 Å². The van der Waals surface area contributed by atoms with Crippen molar-refractivity contribution in [1.82, 2.24) is 4.98 Å². The van der Waals surface area contributed by atoms with Crippen LogP contribution < -0.4 is 11.1 Å². The van der Waals surface area contributed by atoms with Gasteiger partial charge in [0.1, 0.15) is 0 Å². The van der Waals surface area contributed by atoms with Crippen molar-refractivity contribution < 1.29 is 0 Å². The number of anilines is 3. The van der Waals surface area contributed by atoms with Gasteiger partial charge in [0, 0.05) is 16.1 Å². The van der Waals surface area contributed by atoms with Gasteiger partial charge < -0.3 is 11.1 Å². The van der Waals surface area contributed by atoms with Crippen LogP contribution >= 0.6 is 15.9 Å². The number of nitrogens with two attached hydrogens (primary N) is 1. The highest BCUT2D eigenvalue weighted by Crippen LogP contribution is 2.32. The Hall–Kier alpha value is -2.07. The minimum absolute atomic E-state index is 0.712. The molecule has 0 aliphatic carbocycles. The van der Waals surface area contributed by atoms with E-state index in [-0.39, 0.29) is 0 Å². The summed E-state index contributed by atoms with van der Waals surface area (Å²) in [4.78, 5) is 4.30. The number of fused-ring (bicyclic) bond motifs is 1. The third kappa shape index (κ3) is 2.34. The smallest absolute Gasteiger partial charge is 0.0724 e. The maximum absolute atomic E-state index is 6.24. The number of rotatable bonds is 2. The number of nitrogens with zero attached hydrogens (tertiary/aromatic N) is 1. The number of halogens is 1. The minimum atomic E-state index is 0.712. The van der Waals surface area contributed by atoms with E-state index in [1.807, 2.05) is 30.3 Å². The van der Waals surface area contributed by atoms with E-state index in [1.54, 1.807) is 6.20 Å². The summed E-state index contributed by atoms with van der Waals surface area (Å²) >= 11 is 3.55. The van der Waals surface area contributed by atoms with Gasteiger partial charge in [-0.2, -0.15) is 0 Å². The fraction of sp³-hybridized carbons (Fsp3) is 0.0625. The second kappa shape index (κ2) is 5.13. The first-order valence-corrected chi connectivity index (χ1v) is 7.11. The number of nitrogens with one attached hydrogen (secondary N) is 1. The van der Waals surface area contributed by atoms with Gasteiger partial charge in [-0.1, -0.05) is 6.07 Å². The quantitative estimate of drug-likeness (QED) is 0.674. The number of aryl methyl sites for hydroxylation is 1. The van der Waals surface area contributed by atoms with Gasteiger partial charge in [-0.3, -0.25) is 4.98 Å². The summed E-state index contributed by atoms with van der Waals surface area (Å²) in [5.74, 6) is 0. The Morgan fingerprint density at radius 2 is 1.95 bits per heavy atom. The second-order valence-corrected chi connectivity index (χ2v) is 5.56. The molecule has 3 rings (SSSR count). The molecule has 0 radical (unpaired) electrons. The van der Waals surface area contributed by atoms with E-state index in [2.05, 4.69) is 45.3 Å². The van der Waals surface area contributed by atoms with Crippen molar-refractivity contribution in [3.05, 3.63) is 58.7 Å². The van der Waals surface area contributed by atoms with Crippen molar-refractivity contribution in [2.24, 2.45) is 0 Å². The Labute approximate surface area is 126 Å². The molecule has 0 spiro atoms.